The lowest BCUT2D eigenvalue weighted by Crippen LogP contribution is -2.27. The van der Waals surface area contributed by atoms with Crippen molar-refractivity contribution in [1.29, 1.82) is 0 Å². The summed E-state index contributed by atoms with van der Waals surface area (Å²) in [5.41, 5.74) is 0.722. The predicted octanol–water partition coefficient (Wildman–Crippen LogP) is 3.94. The van der Waals surface area contributed by atoms with Crippen LogP contribution in [0.1, 0.15) is 6.92 Å². The molecule has 2 fully saturated rings. The van der Waals surface area contributed by atoms with Crippen molar-refractivity contribution in [3.63, 3.8) is 0 Å². The van der Waals surface area contributed by atoms with Gasteiger partial charge in [0.25, 0.3) is 5.78 Å². The fourth-order valence-corrected chi connectivity index (χ4v) is 4.56. The standard InChI is InChI=1S/C17H14Cl2FN5/c1-8-9-5-24(6-10(8)9)16-14(13-11(18)3-2-4-12(13)20)15(19)23-17-21-7-22-25(16)17/h2-4,7-10H,5-6H2,1H3. The van der Waals surface area contributed by atoms with Crippen LogP contribution in [-0.2, 0) is 0 Å². The minimum atomic E-state index is -0.436. The number of hydrogen-bond acceptors (Lipinski definition) is 4. The number of fused-ring (bicyclic) bond motifs is 2. The normalized spacial score (nSPS) is 24.8. The van der Waals surface area contributed by atoms with Gasteiger partial charge in [-0.25, -0.2) is 4.39 Å². The molecule has 128 valence electrons. The number of hydrogen-bond donors (Lipinski definition) is 0. The van der Waals surface area contributed by atoms with E-state index in [1.54, 1.807) is 16.6 Å². The topological polar surface area (TPSA) is 46.3 Å². The summed E-state index contributed by atoms with van der Waals surface area (Å²) in [4.78, 5) is 10.6. The molecule has 2 atom stereocenters. The van der Waals surface area contributed by atoms with E-state index < -0.39 is 5.82 Å². The first kappa shape index (κ1) is 15.3. The molecule has 2 unspecified atom stereocenters. The molecule has 0 radical (unpaired) electrons. The van der Waals surface area contributed by atoms with Gasteiger partial charge in [-0.1, -0.05) is 36.2 Å². The molecule has 8 heteroatoms. The Hall–Kier alpha value is -1.92. The van der Waals surface area contributed by atoms with Crippen molar-refractivity contribution in [3.8, 4) is 11.1 Å². The molecule has 1 aliphatic heterocycles. The molecule has 1 saturated carbocycles. The average Bonchev–Trinajstić information content (AvgIpc) is 3.00. The second-order valence-corrected chi connectivity index (χ2v) is 7.53. The average molecular weight is 378 g/mol. The lowest BCUT2D eigenvalue weighted by atomic mass is 10.1. The third-order valence-corrected chi connectivity index (χ3v) is 6.08. The maximum atomic E-state index is 14.6. The quantitative estimate of drug-likeness (QED) is 0.634. The highest BCUT2D eigenvalue weighted by molar-refractivity contribution is 6.36. The van der Waals surface area contributed by atoms with Crippen molar-refractivity contribution >= 4 is 34.8 Å². The molecule has 2 aliphatic rings. The Morgan fingerprint density at radius 2 is 1.92 bits per heavy atom. The van der Waals surface area contributed by atoms with E-state index in [4.69, 9.17) is 23.2 Å². The smallest absolute Gasteiger partial charge is 0.255 e. The maximum absolute atomic E-state index is 14.6. The second kappa shape index (κ2) is 5.29. The van der Waals surface area contributed by atoms with Gasteiger partial charge in [0, 0.05) is 18.7 Å². The third-order valence-electron chi connectivity index (χ3n) is 5.49. The number of rotatable bonds is 2. The van der Waals surface area contributed by atoms with Gasteiger partial charge < -0.3 is 4.90 Å². The van der Waals surface area contributed by atoms with Gasteiger partial charge in [0.1, 0.15) is 23.1 Å². The van der Waals surface area contributed by atoms with Crippen LogP contribution in [0.15, 0.2) is 24.5 Å². The van der Waals surface area contributed by atoms with Gasteiger partial charge in [0.2, 0.25) is 0 Å². The Kier molecular flexibility index (Phi) is 3.24. The largest absolute Gasteiger partial charge is 0.355 e. The van der Waals surface area contributed by atoms with E-state index in [1.165, 1.54) is 12.4 Å². The van der Waals surface area contributed by atoms with Gasteiger partial charge in [-0.3, -0.25) is 0 Å². The van der Waals surface area contributed by atoms with E-state index in [-0.39, 0.29) is 10.7 Å². The molecule has 5 nitrogen and oxygen atoms in total. The predicted molar refractivity (Wildman–Crippen MR) is 94.6 cm³/mol. The number of piperidine rings is 1. The fourth-order valence-electron chi connectivity index (χ4n) is 4.04. The minimum absolute atomic E-state index is 0.177. The number of anilines is 1. The van der Waals surface area contributed by atoms with E-state index in [2.05, 4.69) is 26.9 Å². The van der Waals surface area contributed by atoms with Crippen molar-refractivity contribution in [2.75, 3.05) is 18.0 Å². The molecule has 1 aliphatic carbocycles. The van der Waals surface area contributed by atoms with Gasteiger partial charge in [-0.05, 0) is 29.9 Å². The molecular formula is C17H14Cl2FN5. The molecule has 0 bridgehead atoms. The van der Waals surface area contributed by atoms with Crippen LogP contribution in [0.5, 0.6) is 0 Å². The number of aromatic nitrogens is 4. The lowest BCUT2D eigenvalue weighted by Gasteiger charge is -2.25. The highest BCUT2D eigenvalue weighted by Crippen LogP contribution is 2.53. The highest BCUT2D eigenvalue weighted by atomic mass is 35.5. The summed E-state index contributed by atoms with van der Waals surface area (Å²) < 4.78 is 16.2. The Balaban J connectivity index is 1.78. The summed E-state index contributed by atoms with van der Waals surface area (Å²) in [6, 6.07) is 4.59. The molecule has 3 heterocycles. The van der Waals surface area contributed by atoms with Crippen LogP contribution in [-0.4, -0.2) is 32.7 Å². The Morgan fingerprint density at radius 1 is 1.16 bits per heavy atom. The second-order valence-electron chi connectivity index (χ2n) is 6.76. The number of halogens is 3. The lowest BCUT2D eigenvalue weighted by molar-refractivity contribution is 0.630. The first-order valence-corrected chi connectivity index (χ1v) is 8.90. The van der Waals surface area contributed by atoms with E-state index in [1.807, 2.05) is 0 Å². The molecule has 1 aromatic carbocycles. The van der Waals surface area contributed by atoms with Gasteiger partial charge >= 0.3 is 0 Å². The van der Waals surface area contributed by atoms with E-state index in [0.29, 0.717) is 34.0 Å². The summed E-state index contributed by atoms with van der Waals surface area (Å²) in [6.45, 7) is 4.05. The van der Waals surface area contributed by atoms with Crippen LogP contribution < -0.4 is 4.90 Å². The molecular weight excluding hydrogens is 364 g/mol. The Bertz CT molecular complexity index is 972. The van der Waals surface area contributed by atoms with Crippen LogP contribution in [0.4, 0.5) is 10.2 Å². The Morgan fingerprint density at radius 3 is 2.64 bits per heavy atom. The molecule has 25 heavy (non-hydrogen) atoms. The molecule has 2 aromatic heterocycles. The van der Waals surface area contributed by atoms with Crippen LogP contribution in [0.3, 0.4) is 0 Å². The Labute approximate surface area is 153 Å². The summed E-state index contributed by atoms with van der Waals surface area (Å²) in [6.07, 6.45) is 1.42. The van der Waals surface area contributed by atoms with Gasteiger partial charge in [-0.2, -0.15) is 19.6 Å². The third kappa shape index (κ3) is 2.17. The first-order valence-electron chi connectivity index (χ1n) is 8.15. The zero-order valence-corrected chi connectivity index (χ0v) is 14.8. The van der Waals surface area contributed by atoms with Crippen molar-refractivity contribution in [3.05, 3.63) is 40.5 Å². The summed E-state index contributed by atoms with van der Waals surface area (Å²) in [5, 5.41) is 4.76. The zero-order chi connectivity index (χ0) is 17.3. The highest BCUT2D eigenvalue weighted by Gasteiger charge is 2.53. The first-order chi connectivity index (χ1) is 12.1. The van der Waals surface area contributed by atoms with Gasteiger partial charge in [0.15, 0.2) is 0 Å². The molecule has 5 rings (SSSR count). The van der Waals surface area contributed by atoms with Crippen LogP contribution >= 0.6 is 23.2 Å². The monoisotopic (exact) mass is 377 g/mol. The zero-order valence-electron chi connectivity index (χ0n) is 13.3. The summed E-state index contributed by atoms with van der Waals surface area (Å²) in [5.74, 6) is 2.72. The van der Waals surface area contributed by atoms with Crippen molar-refractivity contribution in [2.24, 2.45) is 17.8 Å². The van der Waals surface area contributed by atoms with E-state index in [0.717, 1.165) is 19.0 Å². The maximum Gasteiger partial charge on any atom is 0.255 e. The molecule has 3 aromatic rings. The van der Waals surface area contributed by atoms with E-state index in [9.17, 15) is 4.39 Å². The summed E-state index contributed by atoms with van der Waals surface area (Å²) >= 11 is 12.8. The van der Waals surface area contributed by atoms with Crippen LogP contribution in [0, 0.1) is 23.6 Å². The van der Waals surface area contributed by atoms with Crippen molar-refractivity contribution < 1.29 is 4.39 Å². The van der Waals surface area contributed by atoms with Crippen LogP contribution in [0.2, 0.25) is 10.2 Å². The van der Waals surface area contributed by atoms with E-state index >= 15 is 0 Å². The van der Waals surface area contributed by atoms with Gasteiger partial charge in [-0.15, -0.1) is 0 Å². The number of nitrogens with zero attached hydrogens (tertiary/aromatic N) is 5. The van der Waals surface area contributed by atoms with Crippen molar-refractivity contribution in [1.82, 2.24) is 19.6 Å². The fraction of sp³-hybridized carbons (Fsp3) is 0.353. The van der Waals surface area contributed by atoms with Gasteiger partial charge in [0.05, 0.1) is 10.6 Å². The molecule has 0 N–H and O–H groups in total. The van der Waals surface area contributed by atoms with Crippen molar-refractivity contribution in [2.45, 2.75) is 6.92 Å². The number of benzene rings is 1. The minimum Gasteiger partial charge on any atom is -0.355 e. The molecule has 1 saturated heterocycles. The van der Waals surface area contributed by atoms with Crippen LogP contribution in [0.25, 0.3) is 16.9 Å². The molecule has 0 amide bonds. The SMILES string of the molecule is CC1C2CN(c3c(-c4c(F)cccc4Cl)c(Cl)nc4ncnn34)CC12. The molecule has 0 spiro atoms. The summed E-state index contributed by atoms with van der Waals surface area (Å²) in [7, 11) is 0.